The lowest BCUT2D eigenvalue weighted by atomic mass is 10.0. The first-order valence-corrected chi connectivity index (χ1v) is 9.93. The summed E-state index contributed by atoms with van der Waals surface area (Å²) in [7, 11) is 1.73. The fourth-order valence-electron chi connectivity index (χ4n) is 4.13. The standard InChI is InChI=1S/C22H27N3O3/c1-27-21-11-17-5-2-4-16(17)10-18(21)14-25-8-9-28-15-20(25)12-22(26)24-19-6-3-7-23-13-19/h3,6-7,10-11,13,20H,2,4-5,8-9,12,14-15H2,1H3,(H,24,26). The predicted octanol–water partition coefficient (Wildman–Crippen LogP) is 2.81. The van der Waals surface area contributed by atoms with Crippen LogP contribution in [0.25, 0.3) is 0 Å². The molecule has 1 saturated heterocycles. The Kier molecular flexibility index (Phi) is 5.88. The number of fused-ring (bicyclic) bond motifs is 1. The van der Waals surface area contributed by atoms with Gasteiger partial charge in [0.05, 0.1) is 32.2 Å². The first-order chi connectivity index (χ1) is 13.7. The average Bonchev–Trinajstić information content (AvgIpc) is 3.17. The van der Waals surface area contributed by atoms with E-state index in [2.05, 4.69) is 27.3 Å². The highest BCUT2D eigenvalue weighted by Gasteiger charge is 2.27. The van der Waals surface area contributed by atoms with E-state index >= 15 is 0 Å². The quantitative estimate of drug-likeness (QED) is 0.834. The molecule has 4 rings (SSSR count). The van der Waals surface area contributed by atoms with Crippen LogP contribution in [0.15, 0.2) is 36.7 Å². The minimum absolute atomic E-state index is 0.0191. The van der Waals surface area contributed by atoms with Gasteiger partial charge in [-0.05, 0) is 48.6 Å². The van der Waals surface area contributed by atoms with Crippen LogP contribution >= 0.6 is 0 Å². The van der Waals surface area contributed by atoms with Crippen LogP contribution in [0.4, 0.5) is 5.69 Å². The molecule has 1 aromatic carbocycles. The van der Waals surface area contributed by atoms with Crippen molar-refractivity contribution in [1.82, 2.24) is 9.88 Å². The van der Waals surface area contributed by atoms with Crippen molar-refractivity contribution in [3.63, 3.8) is 0 Å². The van der Waals surface area contributed by atoms with E-state index in [9.17, 15) is 4.79 Å². The normalized spacial score (nSPS) is 19.2. The average molecular weight is 381 g/mol. The number of benzene rings is 1. The van der Waals surface area contributed by atoms with Crippen LogP contribution in [0.5, 0.6) is 5.75 Å². The molecule has 0 saturated carbocycles. The van der Waals surface area contributed by atoms with E-state index in [-0.39, 0.29) is 11.9 Å². The molecule has 1 aromatic heterocycles. The van der Waals surface area contributed by atoms with Gasteiger partial charge in [0.2, 0.25) is 5.91 Å². The molecule has 1 aliphatic carbocycles. The number of pyridine rings is 1. The van der Waals surface area contributed by atoms with Gasteiger partial charge in [-0.25, -0.2) is 0 Å². The van der Waals surface area contributed by atoms with Crippen LogP contribution in [0.1, 0.15) is 29.5 Å². The molecule has 0 spiro atoms. The Hall–Kier alpha value is -2.44. The number of anilines is 1. The largest absolute Gasteiger partial charge is 0.496 e. The molecule has 2 heterocycles. The van der Waals surface area contributed by atoms with Crippen molar-refractivity contribution in [2.45, 2.75) is 38.3 Å². The van der Waals surface area contributed by atoms with E-state index in [1.165, 1.54) is 23.1 Å². The highest BCUT2D eigenvalue weighted by molar-refractivity contribution is 5.90. The van der Waals surface area contributed by atoms with Crippen molar-refractivity contribution >= 4 is 11.6 Å². The summed E-state index contributed by atoms with van der Waals surface area (Å²) in [5.74, 6) is 0.931. The zero-order chi connectivity index (χ0) is 19.3. The smallest absolute Gasteiger partial charge is 0.226 e. The Balaban J connectivity index is 1.45. The third-order valence-electron chi connectivity index (χ3n) is 5.58. The summed E-state index contributed by atoms with van der Waals surface area (Å²) < 4.78 is 11.3. The lowest BCUT2D eigenvalue weighted by Gasteiger charge is -2.35. The summed E-state index contributed by atoms with van der Waals surface area (Å²) in [6.07, 6.45) is 7.24. The number of morpholine rings is 1. The Morgan fingerprint density at radius 2 is 2.21 bits per heavy atom. The third kappa shape index (κ3) is 4.34. The van der Waals surface area contributed by atoms with Crippen LogP contribution in [0.2, 0.25) is 0 Å². The summed E-state index contributed by atoms with van der Waals surface area (Å²) >= 11 is 0. The van der Waals surface area contributed by atoms with Gasteiger partial charge >= 0.3 is 0 Å². The Bertz CT molecular complexity index is 825. The van der Waals surface area contributed by atoms with Crippen LogP contribution in [-0.2, 0) is 28.9 Å². The van der Waals surface area contributed by atoms with E-state index in [0.29, 0.717) is 19.6 Å². The summed E-state index contributed by atoms with van der Waals surface area (Å²) in [4.78, 5) is 18.9. The second kappa shape index (κ2) is 8.71. The lowest BCUT2D eigenvalue weighted by molar-refractivity contribution is -0.119. The summed E-state index contributed by atoms with van der Waals surface area (Å²) in [5, 5.41) is 2.92. The molecule has 1 amide bonds. The molecule has 0 bridgehead atoms. The van der Waals surface area contributed by atoms with Gasteiger partial charge in [0.15, 0.2) is 0 Å². The molecule has 0 radical (unpaired) electrons. The maximum atomic E-state index is 12.5. The molecule has 2 aromatic rings. The van der Waals surface area contributed by atoms with Crippen molar-refractivity contribution in [2.24, 2.45) is 0 Å². The van der Waals surface area contributed by atoms with Crippen molar-refractivity contribution in [2.75, 3.05) is 32.2 Å². The Morgan fingerprint density at radius 1 is 1.36 bits per heavy atom. The van der Waals surface area contributed by atoms with Gasteiger partial charge in [-0.15, -0.1) is 0 Å². The summed E-state index contributed by atoms with van der Waals surface area (Å²) in [5.41, 5.74) is 4.77. The molecule has 1 unspecified atom stereocenters. The molecule has 1 atom stereocenters. The fraction of sp³-hybridized carbons (Fsp3) is 0.455. The maximum Gasteiger partial charge on any atom is 0.226 e. The number of hydrogen-bond acceptors (Lipinski definition) is 5. The highest BCUT2D eigenvalue weighted by Crippen LogP contribution is 2.31. The Labute approximate surface area is 165 Å². The summed E-state index contributed by atoms with van der Waals surface area (Å²) in [6.45, 7) is 2.83. The molecule has 1 fully saturated rings. The zero-order valence-corrected chi connectivity index (χ0v) is 16.3. The number of nitrogens with zero attached hydrogens (tertiary/aromatic N) is 2. The number of ether oxygens (including phenoxy) is 2. The first-order valence-electron chi connectivity index (χ1n) is 9.93. The fourth-order valence-corrected chi connectivity index (χ4v) is 4.13. The highest BCUT2D eigenvalue weighted by atomic mass is 16.5. The minimum atomic E-state index is -0.0191. The number of aromatic nitrogens is 1. The van der Waals surface area contributed by atoms with E-state index in [1.807, 2.05) is 12.1 Å². The molecule has 28 heavy (non-hydrogen) atoms. The number of methoxy groups -OCH3 is 1. The molecule has 148 valence electrons. The van der Waals surface area contributed by atoms with Crippen molar-refractivity contribution in [3.8, 4) is 5.75 Å². The van der Waals surface area contributed by atoms with E-state index in [0.717, 1.165) is 37.4 Å². The second-order valence-electron chi connectivity index (χ2n) is 7.48. The van der Waals surface area contributed by atoms with E-state index < -0.39 is 0 Å². The second-order valence-corrected chi connectivity index (χ2v) is 7.48. The van der Waals surface area contributed by atoms with Crippen LogP contribution in [0.3, 0.4) is 0 Å². The SMILES string of the molecule is COc1cc2c(cc1CN1CCOCC1CC(=O)Nc1cccnc1)CCC2. The van der Waals surface area contributed by atoms with Crippen molar-refractivity contribution < 1.29 is 14.3 Å². The van der Waals surface area contributed by atoms with Gasteiger partial charge in [-0.2, -0.15) is 0 Å². The third-order valence-corrected chi connectivity index (χ3v) is 5.58. The van der Waals surface area contributed by atoms with E-state index in [4.69, 9.17) is 9.47 Å². The number of nitrogens with one attached hydrogen (secondary N) is 1. The topological polar surface area (TPSA) is 63.7 Å². The van der Waals surface area contributed by atoms with Gasteiger partial charge in [0, 0.05) is 37.3 Å². The number of rotatable bonds is 6. The van der Waals surface area contributed by atoms with E-state index in [1.54, 1.807) is 19.5 Å². The molecule has 1 N–H and O–H groups in total. The Morgan fingerprint density at radius 3 is 3.00 bits per heavy atom. The van der Waals surface area contributed by atoms with Gasteiger partial charge in [0.1, 0.15) is 5.75 Å². The van der Waals surface area contributed by atoms with Crippen LogP contribution < -0.4 is 10.1 Å². The van der Waals surface area contributed by atoms with Gasteiger partial charge in [-0.1, -0.05) is 6.07 Å². The number of amides is 1. The van der Waals surface area contributed by atoms with Crippen LogP contribution in [-0.4, -0.2) is 48.7 Å². The van der Waals surface area contributed by atoms with Crippen molar-refractivity contribution in [1.29, 1.82) is 0 Å². The summed E-state index contributed by atoms with van der Waals surface area (Å²) in [6, 6.07) is 8.19. The maximum absolute atomic E-state index is 12.5. The molecule has 6 nitrogen and oxygen atoms in total. The molecule has 1 aliphatic heterocycles. The predicted molar refractivity (Wildman–Crippen MR) is 108 cm³/mol. The number of aryl methyl sites for hydroxylation is 2. The first kappa shape index (κ1) is 18.9. The van der Waals surface area contributed by atoms with Gasteiger partial charge in [-0.3, -0.25) is 14.7 Å². The lowest BCUT2D eigenvalue weighted by Crippen LogP contribution is -2.46. The minimum Gasteiger partial charge on any atom is -0.496 e. The van der Waals surface area contributed by atoms with Gasteiger partial charge in [0.25, 0.3) is 0 Å². The molecular formula is C22H27N3O3. The number of hydrogen-bond donors (Lipinski definition) is 1. The van der Waals surface area contributed by atoms with Crippen LogP contribution in [0, 0.1) is 0 Å². The number of carbonyl (C=O) groups excluding carboxylic acids is 1. The zero-order valence-electron chi connectivity index (χ0n) is 16.3. The monoisotopic (exact) mass is 381 g/mol. The number of carbonyl (C=O) groups is 1. The molecule has 2 aliphatic rings. The molecular weight excluding hydrogens is 354 g/mol. The van der Waals surface area contributed by atoms with Gasteiger partial charge < -0.3 is 14.8 Å². The molecule has 6 heteroatoms. The van der Waals surface area contributed by atoms with Crippen molar-refractivity contribution in [3.05, 3.63) is 53.3 Å².